The van der Waals surface area contributed by atoms with E-state index in [2.05, 4.69) is 19.2 Å². The second-order valence-corrected chi connectivity index (χ2v) is 4.32. The van der Waals surface area contributed by atoms with Gasteiger partial charge in [-0.2, -0.15) is 0 Å². The van der Waals surface area contributed by atoms with Crippen LogP contribution in [-0.4, -0.2) is 19.8 Å². The lowest BCUT2D eigenvalue weighted by Gasteiger charge is -2.13. The number of nitrogens with one attached hydrogen (secondary N) is 1. The van der Waals surface area contributed by atoms with Crippen molar-refractivity contribution in [2.45, 2.75) is 26.8 Å². The zero-order valence-electron chi connectivity index (χ0n) is 11.6. The third-order valence-electron chi connectivity index (χ3n) is 2.50. The van der Waals surface area contributed by atoms with E-state index in [4.69, 9.17) is 21.1 Å². The van der Waals surface area contributed by atoms with Gasteiger partial charge in [0.05, 0.1) is 6.61 Å². The minimum atomic E-state index is 0.458. The molecule has 3 nitrogen and oxygen atoms in total. The van der Waals surface area contributed by atoms with Crippen molar-refractivity contribution in [2.24, 2.45) is 0 Å². The van der Waals surface area contributed by atoms with Gasteiger partial charge in [0, 0.05) is 23.7 Å². The molecule has 0 saturated heterocycles. The molecule has 0 aliphatic carbocycles. The second-order valence-electron chi connectivity index (χ2n) is 4.07. The van der Waals surface area contributed by atoms with E-state index in [1.165, 1.54) is 5.54 Å². The third-order valence-corrected chi connectivity index (χ3v) is 2.68. The van der Waals surface area contributed by atoms with E-state index >= 15 is 0 Å². The van der Waals surface area contributed by atoms with E-state index in [1.54, 1.807) is 6.08 Å². The average Bonchev–Trinajstić information content (AvgIpc) is 2.44. The van der Waals surface area contributed by atoms with Crippen LogP contribution < -0.4 is 14.8 Å². The first kappa shape index (κ1) is 15.9. The number of halogens is 1. The molecule has 0 heterocycles. The highest BCUT2D eigenvalue weighted by Gasteiger charge is 2.05. The van der Waals surface area contributed by atoms with E-state index in [0.29, 0.717) is 13.2 Å². The summed E-state index contributed by atoms with van der Waals surface area (Å²) in [5, 5.41) is 3.29. The Hall–Kier alpha value is -1.19. The zero-order chi connectivity index (χ0) is 13.9. The summed E-state index contributed by atoms with van der Waals surface area (Å²) in [5.74, 6) is 1.68. The topological polar surface area (TPSA) is 30.5 Å². The highest BCUT2D eigenvalue weighted by atomic mass is 35.5. The third kappa shape index (κ3) is 5.99. The van der Waals surface area contributed by atoms with Gasteiger partial charge in [0.25, 0.3) is 0 Å². The molecular weight excluding hydrogens is 262 g/mol. The van der Waals surface area contributed by atoms with Crippen molar-refractivity contribution in [3.63, 3.8) is 0 Å². The summed E-state index contributed by atoms with van der Waals surface area (Å²) in [4.78, 5) is 0. The molecule has 1 rings (SSSR count). The van der Waals surface area contributed by atoms with Gasteiger partial charge in [0.15, 0.2) is 0 Å². The van der Waals surface area contributed by atoms with Crippen molar-refractivity contribution >= 4 is 11.6 Å². The van der Waals surface area contributed by atoms with Gasteiger partial charge < -0.3 is 14.8 Å². The molecule has 0 radical (unpaired) electrons. The maximum atomic E-state index is 5.70. The Kier molecular flexibility index (Phi) is 8.10. The van der Waals surface area contributed by atoms with Crippen LogP contribution in [0.2, 0.25) is 0 Å². The lowest BCUT2D eigenvalue weighted by Crippen LogP contribution is -2.13. The number of rotatable bonds is 9. The van der Waals surface area contributed by atoms with Gasteiger partial charge in [-0.25, -0.2) is 0 Å². The van der Waals surface area contributed by atoms with Crippen molar-refractivity contribution in [1.82, 2.24) is 5.32 Å². The molecule has 0 amide bonds. The van der Waals surface area contributed by atoms with Crippen molar-refractivity contribution in [3.8, 4) is 11.5 Å². The second kappa shape index (κ2) is 9.70. The molecule has 0 atom stereocenters. The van der Waals surface area contributed by atoms with E-state index in [0.717, 1.165) is 36.6 Å². The molecule has 0 bridgehead atoms. The first-order valence-corrected chi connectivity index (χ1v) is 7.09. The van der Waals surface area contributed by atoms with Crippen LogP contribution in [-0.2, 0) is 6.54 Å². The fraction of sp³-hybridized carbons (Fsp3) is 0.467. The highest BCUT2D eigenvalue weighted by Crippen LogP contribution is 2.25. The minimum Gasteiger partial charge on any atom is -0.493 e. The Morgan fingerprint density at radius 3 is 2.79 bits per heavy atom. The molecule has 0 unspecified atom stereocenters. The Balaban J connectivity index is 2.76. The fourth-order valence-electron chi connectivity index (χ4n) is 1.56. The van der Waals surface area contributed by atoms with E-state index in [1.807, 2.05) is 18.2 Å². The molecular formula is C15H22ClNO2. The molecule has 1 N–H and O–H groups in total. The van der Waals surface area contributed by atoms with Crippen molar-refractivity contribution in [3.05, 3.63) is 35.4 Å². The monoisotopic (exact) mass is 283 g/mol. The maximum absolute atomic E-state index is 5.70. The standard InChI is InChI=1S/C15H22ClNO2/c1-3-9-18-14-7-6-13(12-17-4-2)15(11-14)19-10-5-8-16/h5-8,11,17H,3-4,9-10,12H2,1-2H3/b8-5+. The van der Waals surface area contributed by atoms with Crippen LogP contribution in [0.1, 0.15) is 25.8 Å². The Morgan fingerprint density at radius 2 is 2.11 bits per heavy atom. The number of ether oxygens (including phenoxy) is 2. The summed E-state index contributed by atoms with van der Waals surface area (Å²) >= 11 is 5.49. The normalized spacial score (nSPS) is 10.9. The Morgan fingerprint density at radius 1 is 1.26 bits per heavy atom. The van der Waals surface area contributed by atoms with Crippen LogP contribution in [0.5, 0.6) is 11.5 Å². The van der Waals surface area contributed by atoms with Crippen LogP contribution in [0.4, 0.5) is 0 Å². The molecule has 19 heavy (non-hydrogen) atoms. The van der Waals surface area contributed by atoms with Gasteiger partial charge in [-0.05, 0) is 25.1 Å². The van der Waals surface area contributed by atoms with Gasteiger partial charge in [-0.3, -0.25) is 0 Å². The SMILES string of the molecule is CCCOc1ccc(CNCC)c(OC/C=C/Cl)c1. The van der Waals surface area contributed by atoms with Gasteiger partial charge in [0.1, 0.15) is 18.1 Å². The van der Waals surface area contributed by atoms with Crippen LogP contribution >= 0.6 is 11.6 Å². The molecule has 0 aromatic heterocycles. The number of hydrogen-bond donors (Lipinski definition) is 1. The Bertz CT molecular complexity index is 394. The molecule has 0 fully saturated rings. The molecule has 4 heteroatoms. The smallest absolute Gasteiger partial charge is 0.127 e. The fourth-order valence-corrected chi connectivity index (χ4v) is 1.63. The number of benzene rings is 1. The summed E-state index contributed by atoms with van der Waals surface area (Å²) in [5.41, 5.74) is 2.58. The minimum absolute atomic E-state index is 0.458. The molecule has 0 spiro atoms. The van der Waals surface area contributed by atoms with Crippen LogP contribution in [0.25, 0.3) is 0 Å². The average molecular weight is 284 g/mol. The van der Waals surface area contributed by atoms with Crippen molar-refractivity contribution in [2.75, 3.05) is 19.8 Å². The predicted molar refractivity (Wildman–Crippen MR) is 80.1 cm³/mol. The van der Waals surface area contributed by atoms with E-state index in [9.17, 15) is 0 Å². The maximum Gasteiger partial charge on any atom is 0.127 e. The van der Waals surface area contributed by atoms with Crippen molar-refractivity contribution < 1.29 is 9.47 Å². The first-order chi connectivity index (χ1) is 9.31. The summed E-state index contributed by atoms with van der Waals surface area (Å²) in [6.45, 7) is 7.05. The summed E-state index contributed by atoms with van der Waals surface area (Å²) in [6, 6.07) is 5.95. The van der Waals surface area contributed by atoms with Crippen LogP contribution in [0.3, 0.4) is 0 Å². The summed E-state index contributed by atoms with van der Waals surface area (Å²) < 4.78 is 11.3. The lowest BCUT2D eigenvalue weighted by molar-refractivity contribution is 0.311. The van der Waals surface area contributed by atoms with E-state index < -0.39 is 0 Å². The lowest BCUT2D eigenvalue weighted by atomic mass is 10.2. The quantitative estimate of drug-likeness (QED) is 0.749. The molecule has 1 aromatic rings. The van der Waals surface area contributed by atoms with Gasteiger partial charge in [-0.15, -0.1) is 0 Å². The molecule has 1 aromatic carbocycles. The molecule has 0 aliphatic rings. The van der Waals surface area contributed by atoms with Gasteiger partial charge in [0.2, 0.25) is 0 Å². The molecule has 106 valence electrons. The van der Waals surface area contributed by atoms with Crippen LogP contribution in [0.15, 0.2) is 29.8 Å². The summed E-state index contributed by atoms with van der Waals surface area (Å²) in [6.07, 6.45) is 2.75. The molecule has 0 saturated carbocycles. The highest BCUT2D eigenvalue weighted by molar-refractivity contribution is 6.25. The molecule has 0 aliphatic heterocycles. The summed E-state index contributed by atoms with van der Waals surface area (Å²) in [7, 11) is 0. The van der Waals surface area contributed by atoms with Crippen LogP contribution in [0, 0.1) is 0 Å². The Labute approximate surface area is 120 Å². The van der Waals surface area contributed by atoms with E-state index in [-0.39, 0.29) is 0 Å². The largest absolute Gasteiger partial charge is 0.493 e. The van der Waals surface area contributed by atoms with Gasteiger partial charge >= 0.3 is 0 Å². The predicted octanol–water partition coefficient (Wildman–Crippen LogP) is 3.72. The van der Waals surface area contributed by atoms with Crippen molar-refractivity contribution in [1.29, 1.82) is 0 Å². The number of hydrogen-bond acceptors (Lipinski definition) is 3. The first-order valence-electron chi connectivity index (χ1n) is 6.66. The zero-order valence-corrected chi connectivity index (χ0v) is 12.4. The van der Waals surface area contributed by atoms with Gasteiger partial charge in [-0.1, -0.05) is 31.5 Å².